The van der Waals surface area contributed by atoms with Gasteiger partial charge in [-0.15, -0.1) is 24.0 Å². The van der Waals surface area contributed by atoms with Crippen molar-refractivity contribution in [2.75, 3.05) is 20.2 Å². The average Bonchev–Trinajstić information content (AvgIpc) is 3.22. The summed E-state index contributed by atoms with van der Waals surface area (Å²) in [5.41, 5.74) is 2.65. The summed E-state index contributed by atoms with van der Waals surface area (Å²) in [6.07, 6.45) is 6.40. The summed E-state index contributed by atoms with van der Waals surface area (Å²) in [6, 6.07) is 10.4. The minimum atomic E-state index is 0. The van der Waals surface area contributed by atoms with E-state index in [1.54, 1.807) is 0 Å². The van der Waals surface area contributed by atoms with E-state index in [-0.39, 0.29) is 35.5 Å². The molecule has 1 aromatic carbocycles. The number of hydrogen-bond acceptors (Lipinski definition) is 3. The van der Waals surface area contributed by atoms with Crippen molar-refractivity contribution in [3.05, 3.63) is 53.9 Å². The maximum atomic E-state index is 6.11. The summed E-state index contributed by atoms with van der Waals surface area (Å²) in [6.45, 7) is 10.0. The largest absolute Gasteiger partial charge is 0.377 e. The molecule has 1 aromatic heterocycles. The van der Waals surface area contributed by atoms with Gasteiger partial charge in [0.2, 0.25) is 0 Å². The number of rotatable bonds is 6. The maximum absolute atomic E-state index is 6.11. The third-order valence-corrected chi connectivity index (χ3v) is 5.51. The highest BCUT2D eigenvalue weighted by molar-refractivity contribution is 14.0. The molecular weight excluding hydrogens is 489 g/mol. The predicted molar refractivity (Wildman–Crippen MR) is 133 cm³/mol. The molecule has 0 radical (unpaired) electrons. The van der Waals surface area contributed by atoms with Crippen molar-refractivity contribution in [3.8, 4) is 0 Å². The molecule has 0 bridgehead atoms. The van der Waals surface area contributed by atoms with Gasteiger partial charge in [0, 0.05) is 45.1 Å². The van der Waals surface area contributed by atoms with Crippen molar-refractivity contribution in [1.82, 2.24) is 20.4 Å². The molecule has 1 aliphatic heterocycles. The van der Waals surface area contributed by atoms with Gasteiger partial charge in [0.15, 0.2) is 5.96 Å². The second-order valence-electron chi connectivity index (χ2n) is 8.84. The van der Waals surface area contributed by atoms with Crippen LogP contribution >= 0.6 is 24.0 Å². The zero-order chi connectivity index (χ0) is 20.7. The molecule has 166 valence electrons. The summed E-state index contributed by atoms with van der Waals surface area (Å²) in [5.74, 6) is 1.33. The standard InChI is InChI=1S/C23H35N5O.HI/c1-23(2,3)21-19(11-7-14-29-21)16-26-22(24-4)25-15-18-9-5-6-10-20(18)17-28-13-8-12-27-28;/h5-6,8-10,12-13,19,21H,7,11,14-17H2,1-4H3,(H2,24,25,26);1H. The molecule has 1 aliphatic rings. The first-order valence-corrected chi connectivity index (χ1v) is 10.6. The fraction of sp³-hybridized carbons (Fsp3) is 0.565. The lowest BCUT2D eigenvalue weighted by Gasteiger charge is -2.40. The smallest absolute Gasteiger partial charge is 0.191 e. The van der Waals surface area contributed by atoms with E-state index in [1.807, 2.05) is 30.2 Å². The van der Waals surface area contributed by atoms with Crippen LogP contribution in [0.25, 0.3) is 0 Å². The van der Waals surface area contributed by atoms with Crippen LogP contribution in [-0.2, 0) is 17.8 Å². The lowest BCUT2D eigenvalue weighted by Crippen LogP contribution is -2.47. The Labute approximate surface area is 197 Å². The predicted octanol–water partition coefficient (Wildman–Crippen LogP) is 4.06. The lowest BCUT2D eigenvalue weighted by atomic mass is 9.78. The number of aromatic nitrogens is 2. The van der Waals surface area contributed by atoms with Gasteiger partial charge in [-0.2, -0.15) is 5.10 Å². The quantitative estimate of drug-likeness (QED) is 0.340. The van der Waals surface area contributed by atoms with Crippen LogP contribution in [0.5, 0.6) is 0 Å². The second kappa shape index (κ2) is 11.7. The fourth-order valence-corrected chi connectivity index (χ4v) is 4.09. The normalized spacial score (nSPS) is 19.8. The van der Waals surface area contributed by atoms with Crippen LogP contribution in [0.1, 0.15) is 44.7 Å². The Morgan fingerprint density at radius 3 is 2.63 bits per heavy atom. The third kappa shape index (κ3) is 6.97. The molecule has 2 unspecified atom stereocenters. The van der Waals surface area contributed by atoms with Gasteiger partial charge in [-0.3, -0.25) is 9.67 Å². The zero-order valence-electron chi connectivity index (χ0n) is 18.6. The number of aliphatic imine (C=N–C) groups is 1. The Balaban J connectivity index is 0.00000320. The van der Waals surface area contributed by atoms with Crippen molar-refractivity contribution in [2.24, 2.45) is 16.3 Å². The molecular formula is C23H36IN5O. The minimum absolute atomic E-state index is 0. The molecule has 3 rings (SSSR count). The van der Waals surface area contributed by atoms with E-state index in [0.29, 0.717) is 5.92 Å². The number of guanidine groups is 1. The van der Waals surface area contributed by atoms with Gasteiger partial charge in [0.25, 0.3) is 0 Å². The molecule has 0 spiro atoms. The molecule has 1 fully saturated rings. The molecule has 1 saturated heterocycles. The molecule has 0 saturated carbocycles. The fourth-order valence-electron chi connectivity index (χ4n) is 4.09. The number of nitrogens with one attached hydrogen (secondary N) is 2. The highest BCUT2D eigenvalue weighted by Crippen LogP contribution is 2.33. The summed E-state index contributed by atoms with van der Waals surface area (Å²) in [7, 11) is 1.82. The van der Waals surface area contributed by atoms with Crippen LogP contribution in [0, 0.1) is 11.3 Å². The topological polar surface area (TPSA) is 63.5 Å². The van der Waals surface area contributed by atoms with E-state index >= 15 is 0 Å². The Kier molecular flexibility index (Phi) is 9.61. The van der Waals surface area contributed by atoms with E-state index in [1.165, 1.54) is 17.5 Å². The Bertz CT molecular complexity index is 785. The summed E-state index contributed by atoms with van der Waals surface area (Å²) in [5, 5.41) is 11.3. The number of benzene rings is 1. The number of ether oxygens (including phenoxy) is 1. The van der Waals surface area contributed by atoms with Crippen LogP contribution in [0.2, 0.25) is 0 Å². The van der Waals surface area contributed by atoms with Crippen molar-refractivity contribution < 1.29 is 4.74 Å². The first-order chi connectivity index (χ1) is 14.0. The van der Waals surface area contributed by atoms with E-state index in [9.17, 15) is 0 Å². The maximum Gasteiger partial charge on any atom is 0.191 e. The first-order valence-electron chi connectivity index (χ1n) is 10.6. The van der Waals surface area contributed by atoms with Crippen LogP contribution in [0.4, 0.5) is 0 Å². The number of hydrogen-bond donors (Lipinski definition) is 2. The van der Waals surface area contributed by atoms with Crippen LogP contribution in [-0.4, -0.2) is 42.0 Å². The number of nitrogens with zero attached hydrogens (tertiary/aromatic N) is 3. The molecule has 2 N–H and O–H groups in total. The zero-order valence-corrected chi connectivity index (χ0v) is 20.9. The second-order valence-corrected chi connectivity index (χ2v) is 8.84. The van der Waals surface area contributed by atoms with Gasteiger partial charge in [-0.05, 0) is 35.4 Å². The van der Waals surface area contributed by atoms with E-state index in [2.05, 4.69) is 65.8 Å². The molecule has 2 heterocycles. The molecule has 0 aliphatic carbocycles. The van der Waals surface area contributed by atoms with Crippen LogP contribution < -0.4 is 10.6 Å². The van der Waals surface area contributed by atoms with Crippen molar-refractivity contribution >= 4 is 29.9 Å². The van der Waals surface area contributed by atoms with Gasteiger partial charge < -0.3 is 15.4 Å². The SMILES string of the molecule is CN=C(NCc1ccccc1Cn1cccn1)NCC1CCCOC1C(C)(C)C.I. The van der Waals surface area contributed by atoms with Crippen molar-refractivity contribution in [2.45, 2.75) is 52.8 Å². The van der Waals surface area contributed by atoms with Gasteiger partial charge >= 0.3 is 0 Å². The number of halogens is 1. The van der Waals surface area contributed by atoms with E-state index in [4.69, 9.17) is 4.74 Å². The van der Waals surface area contributed by atoms with Gasteiger partial charge in [0.05, 0.1) is 12.6 Å². The highest BCUT2D eigenvalue weighted by atomic mass is 127. The van der Waals surface area contributed by atoms with Gasteiger partial charge in [-0.1, -0.05) is 45.0 Å². The van der Waals surface area contributed by atoms with Gasteiger partial charge in [0.1, 0.15) is 0 Å². The third-order valence-electron chi connectivity index (χ3n) is 5.51. The van der Waals surface area contributed by atoms with Crippen LogP contribution in [0.3, 0.4) is 0 Å². The lowest BCUT2D eigenvalue weighted by molar-refractivity contribution is -0.0835. The molecule has 0 amide bonds. The summed E-state index contributed by atoms with van der Waals surface area (Å²) >= 11 is 0. The Morgan fingerprint density at radius 1 is 1.20 bits per heavy atom. The molecule has 7 heteroatoms. The molecule has 30 heavy (non-hydrogen) atoms. The highest BCUT2D eigenvalue weighted by Gasteiger charge is 2.35. The summed E-state index contributed by atoms with van der Waals surface area (Å²) < 4.78 is 8.05. The van der Waals surface area contributed by atoms with Crippen LogP contribution in [0.15, 0.2) is 47.7 Å². The van der Waals surface area contributed by atoms with Crippen molar-refractivity contribution in [1.29, 1.82) is 0 Å². The van der Waals surface area contributed by atoms with E-state index in [0.717, 1.165) is 38.6 Å². The molecule has 6 nitrogen and oxygen atoms in total. The van der Waals surface area contributed by atoms with Crippen molar-refractivity contribution in [3.63, 3.8) is 0 Å². The van der Waals surface area contributed by atoms with Gasteiger partial charge in [-0.25, -0.2) is 0 Å². The average molecular weight is 525 g/mol. The minimum Gasteiger partial charge on any atom is -0.377 e. The first kappa shape index (κ1) is 24.7. The Morgan fingerprint density at radius 2 is 1.97 bits per heavy atom. The molecule has 2 aromatic rings. The molecule has 2 atom stereocenters. The monoisotopic (exact) mass is 525 g/mol. The summed E-state index contributed by atoms with van der Waals surface area (Å²) in [4.78, 5) is 4.42. The van der Waals surface area contributed by atoms with E-state index < -0.39 is 0 Å². The Hall–Kier alpha value is -1.61.